The van der Waals surface area contributed by atoms with Gasteiger partial charge in [-0.1, -0.05) is 30.3 Å². The summed E-state index contributed by atoms with van der Waals surface area (Å²) in [7, 11) is 0. The quantitative estimate of drug-likeness (QED) is 0.869. The van der Waals surface area contributed by atoms with Crippen LogP contribution in [0, 0.1) is 5.92 Å². The van der Waals surface area contributed by atoms with Crippen molar-refractivity contribution in [2.24, 2.45) is 5.92 Å². The summed E-state index contributed by atoms with van der Waals surface area (Å²) in [4.78, 5) is 23.2. The summed E-state index contributed by atoms with van der Waals surface area (Å²) in [6.45, 7) is 0. The van der Waals surface area contributed by atoms with E-state index in [1.54, 1.807) is 36.0 Å². The predicted octanol–water partition coefficient (Wildman–Crippen LogP) is 1.68. The van der Waals surface area contributed by atoms with E-state index in [1.807, 2.05) is 6.07 Å². The molecule has 0 bridgehead atoms. The summed E-state index contributed by atoms with van der Waals surface area (Å²) in [5.74, 6) is 0.519. The van der Waals surface area contributed by atoms with Gasteiger partial charge in [-0.05, 0) is 17.7 Å². The third-order valence-corrected chi connectivity index (χ3v) is 4.13. The van der Waals surface area contributed by atoms with Gasteiger partial charge in [-0.3, -0.25) is 4.79 Å². The molecule has 0 radical (unpaired) electrons. The maximum Gasteiger partial charge on any atom is 0.330 e. The number of aliphatic carboxylic acids is 1. The number of carboxylic acid groups (broad SMARTS) is 1. The minimum atomic E-state index is -1.03. The van der Waals surface area contributed by atoms with E-state index in [0.29, 0.717) is 5.56 Å². The minimum absolute atomic E-state index is 0.0550. The molecule has 0 aliphatic carbocycles. The average molecular weight is 265 g/mol. The molecule has 96 valence electrons. The summed E-state index contributed by atoms with van der Waals surface area (Å²) in [5, 5.41) is 11.8. The van der Waals surface area contributed by atoms with Crippen molar-refractivity contribution >= 4 is 23.6 Å². The van der Waals surface area contributed by atoms with Crippen LogP contribution < -0.4 is 5.32 Å². The summed E-state index contributed by atoms with van der Waals surface area (Å²) in [5.41, 5.74) is 0.601. The van der Waals surface area contributed by atoms with Gasteiger partial charge >= 0.3 is 5.97 Å². The molecule has 4 nitrogen and oxygen atoms in total. The first-order valence-electron chi connectivity index (χ1n) is 5.84. The second-order valence-corrected chi connectivity index (χ2v) is 5.40. The Kier molecular flexibility index (Phi) is 4.25. The molecule has 2 N–H and O–H groups in total. The molecule has 1 saturated heterocycles. The molecule has 1 heterocycles. The van der Waals surface area contributed by atoms with E-state index >= 15 is 0 Å². The van der Waals surface area contributed by atoms with Gasteiger partial charge < -0.3 is 10.4 Å². The van der Waals surface area contributed by atoms with Gasteiger partial charge in [0.15, 0.2) is 6.04 Å². The first-order valence-corrected chi connectivity index (χ1v) is 7.00. The molecule has 1 aromatic carbocycles. The first-order chi connectivity index (χ1) is 8.68. The molecule has 1 fully saturated rings. The van der Waals surface area contributed by atoms with Gasteiger partial charge in [0.25, 0.3) is 0 Å². The number of carbonyl (C=O) groups excluding carboxylic acids is 1. The number of carbonyl (C=O) groups is 2. The Labute approximate surface area is 110 Å². The number of rotatable bonds is 4. The third-order valence-electron chi connectivity index (χ3n) is 2.97. The van der Waals surface area contributed by atoms with Crippen LogP contribution in [0.4, 0.5) is 0 Å². The first kappa shape index (κ1) is 13.0. The lowest BCUT2D eigenvalue weighted by atomic mass is 10.0. The maximum atomic E-state index is 11.9. The zero-order valence-electron chi connectivity index (χ0n) is 9.83. The highest BCUT2D eigenvalue weighted by atomic mass is 32.2. The van der Waals surface area contributed by atoms with Crippen molar-refractivity contribution in [3.8, 4) is 0 Å². The van der Waals surface area contributed by atoms with E-state index in [0.717, 1.165) is 17.9 Å². The maximum absolute atomic E-state index is 11.9. The molecule has 1 unspecified atom stereocenters. The van der Waals surface area contributed by atoms with Crippen molar-refractivity contribution < 1.29 is 14.7 Å². The third kappa shape index (κ3) is 3.04. The summed E-state index contributed by atoms with van der Waals surface area (Å²) in [6, 6.07) is 7.82. The number of carboxylic acids is 1. The van der Waals surface area contributed by atoms with Crippen LogP contribution in [0.25, 0.3) is 0 Å². The fourth-order valence-corrected chi connectivity index (χ4v) is 3.15. The molecule has 1 amide bonds. The highest BCUT2D eigenvalue weighted by Crippen LogP contribution is 2.24. The molecule has 1 aliphatic heterocycles. The van der Waals surface area contributed by atoms with Crippen LogP contribution in [0.3, 0.4) is 0 Å². The van der Waals surface area contributed by atoms with Crippen LogP contribution in [0.1, 0.15) is 18.0 Å². The van der Waals surface area contributed by atoms with Gasteiger partial charge in [-0.25, -0.2) is 4.79 Å². The smallest absolute Gasteiger partial charge is 0.330 e. The second kappa shape index (κ2) is 5.91. The largest absolute Gasteiger partial charge is 0.479 e. The molecule has 0 spiro atoms. The molecule has 1 aliphatic rings. The lowest BCUT2D eigenvalue weighted by Crippen LogP contribution is -2.37. The average Bonchev–Trinajstić information content (AvgIpc) is 2.90. The van der Waals surface area contributed by atoms with Gasteiger partial charge in [-0.2, -0.15) is 11.8 Å². The monoisotopic (exact) mass is 265 g/mol. The zero-order chi connectivity index (χ0) is 13.0. The molecule has 5 heteroatoms. The number of amides is 1. The molecule has 18 heavy (non-hydrogen) atoms. The Morgan fingerprint density at radius 1 is 1.33 bits per heavy atom. The van der Waals surface area contributed by atoms with E-state index in [2.05, 4.69) is 5.32 Å². The van der Waals surface area contributed by atoms with E-state index < -0.39 is 12.0 Å². The lowest BCUT2D eigenvalue weighted by Gasteiger charge is -2.17. The Morgan fingerprint density at radius 2 is 2.06 bits per heavy atom. The van der Waals surface area contributed by atoms with Gasteiger partial charge in [-0.15, -0.1) is 0 Å². The van der Waals surface area contributed by atoms with Crippen LogP contribution in [-0.4, -0.2) is 28.5 Å². The van der Waals surface area contributed by atoms with Crippen molar-refractivity contribution in [1.29, 1.82) is 0 Å². The Balaban J connectivity index is 2.07. The highest BCUT2D eigenvalue weighted by molar-refractivity contribution is 7.99. The van der Waals surface area contributed by atoms with Crippen molar-refractivity contribution in [3.63, 3.8) is 0 Å². The van der Waals surface area contributed by atoms with Gasteiger partial charge in [0, 0.05) is 11.7 Å². The normalized spacial score (nSPS) is 20.3. The minimum Gasteiger partial charge on any atom is -0.479 e. The number of hydrogen-bond acceptors (Lipinski definition) is 3. The Morgan fingerprint density at radius 3 is 2.61 bits per heavy atom. The molecule has 0 aromatic heterocycles. The van der Waals surface area contributed by atoms with E-state index in [9.17, 15) is 14.7 Å². The van der Waals surface area contributed by atoms with Gasteiger partial charge in [0.1, 0.15) is 0 Å². The fraction of sp³-hybridized carbons (Fsp3) is 0.385. The standard InChI is InChI=1S/C13H15NO3S/c15-12(10-6-7-18-8-10)14-11(13(16)17)9-4-2-1-3-5-9/h1-5,10-11H,6-8H2,(H,14,15)(H,16,17)/t10?,11-/m1/s1. The van der Waals surface area contributed by atoms with E-state index in [1.165, 1.54) is 0 Å². The number of hydrogen-bond donors (Lipinski definition) is 2. The van der Waals surface area contributed by atoms with Crippen molar-refractivity contribution in [1.82, 2.24) is 5.32 Å². The van der Waals surface area contributed by atoms with Crippen LogP contribution in [0.5, 0.6) is 0 Å². The Hall–Kier alpha value is -1.49. The fourth-order valence-electron chi connectivity index (χ4n) is 1.93. The van der Waals surface area contributed by atoms with Crippen LogP contribution in [0.15, 0.2) is 30.3 Å². The van der Waals surface area contributed by atoms with Crippen molar-refractivity contribution in [3.05, 3.63) is 35.9 Å². The second-order valence-electron chi connectivity index (χ2n) is 4.25. The molecule has 0 saturated carbocycles. The van der Waals surface area contributed by atoms with Crippen molar-refractivity contribution in [2.45, 2.75) is 12.5 Å². The predicted molar refractivity (Wildman–Crippen MR) is 70.4 cm³/mol. The number of nitrogens with one attached hydrogen (secondary N) is 1. The zero-order valence-corrected chi connectivity index (χ0v) is 10.7. The van der Waals surface area contributed by atoms with Gasteiger partial charge in [0.05, 0.1) is 0 Å². The summed E-state index contributed by atoms with van der Waals surface area (Å²) < 4.78 is 0. The SMILES string of the molecule is O=C(N[C@@H](C(=O)O)c1ccccc1)C1CCSC1. The topological polar surface area (TPSA) is 66.4 Å². The van der Waals surface area contributed by atoms with Crippen LogP contribution in [-0.2, 0) is 9.59 Å². The van der Waals surface area contributed by atoms with E-state index in [-0.39, 0.29) is 11.8 Å². The molecule has 1 aromatic rings. The van der Waals surface area contributed by atoms with Crippen molar-refractivity contribution in [2.75, 3.05) is 11.5 Å². The van der Waals surface area contributed by atoms with E-state index in [4.69, 9.17) is 0 Å². The number of benzene rings is 1. The molecular weight excluding hydrogens is 250 g/mol. The van der Waals surface area contributed by atoms with Gasteiger partial charge in [0.2, 0.25) is 5.91 Å². The molecule has 2 atom stereocenters. The Bertz CT molecular complexity index is 429. The molecule has 2 rings (SSSR count). The molecular formula is C13H15NO3S. The number of thioether (sulfide) groups is 1. The summed E-state index contributed by atoms with van der Waals surface area (Å²) >= 11 is 1.73. The highest BCUT2D eigenvalue weighted by Gasteiger charge is 2.28. The summed E-state index contributed by atoms with van der Waals surface area (Å²) in [6.07, 6.45) is 0.831. The lowest BCUT2D eigenvalue weighted by molar-refractivity contribution is -0.142. The van der Waals surface area contributed by atoms with Crippen LogP contribution in [0.2, 0.25) is 0 Å². The van der Waals surface area contributed by atoms with Crippen LogP contribution >= 0.6 is 11.8 Å².